The van der Waals surface area contributed by atoms with E-state index in [0.29, 0.717) is 11.4 Å². The Morgan fingerprint density at radius 2 is 2.14 bits per heavy atom. The second kappa shape index (κ2) is 6.21. The van der Waals surface area contributed by atoms with Crippen molar-refractivity contribution < 1.29 is 4.79 Å². The topological polar surface area (TPSA) is 85.3 Å². The zero-order chi connectivity index (χ0) is 15.4. The number of nitrogen functional groups attached to an aromatic ring is 1. The number of aryl methyl sites for hydroxylation is 2. The molecule has 0 atom stereocenters. The summed E-state index contributed by atoms with van der Waals surface area (Å²) in [6.45, 7) is 5.77. The zero-order valence-electron chi connectivity index (χ0n) is 12.4. The number of nitrogens with two attached hydrogens (primary N) is 1. The van der Waals surface area contributed by atoms with Crippen LogP contribution in [-0.2, 0) is 11.3 Å². The number of nitrogens with one attached hydrogen (secondary N) is 1. The summed E-state index contributed by atoms with van der Waals surface area (Å²) < 4.78 is 1.65. The molecule has 1 aromatic heterocycles. The number of rotatable bonds is 4. The van der Waals surface area contributed by atoms with Gasteiger partial charge in [0.15, 0.2) is 0 Å². The lowest BCUT2D eigenvalue weighted by atomic mass is 10.1. The molecule has 6 heteroatoms. The number of aromatic nitrogens is 2. The van der Waals surface area contributed by atoms with Gasteiger partial charge in [-0.05, 0) is 44.5 Å². The standard InChI is InChI=1S/C15H19N5O/c1-10-7-11(2)20(19-10)9-15(21)18-17-12(3)13-5-4-6-14(16)8-13/h4-8H,9,16H2,1-3H3,(H,18,21). The average Bonchev–Trinajstić information content (AvgIpc) is 2.74. The highest BCUT2D eigenvalue weighted by atomic mass is 16.2. The van der Waals surface area contributed by atoms with E-state index >= 15 is 0 Å². The Bertz CT molecular complexity index is 687. The Labute approximate surface area is 123 Å². The van der Waals surface area contributed by atoms with Crippen molar-refractivity contribution in [1.82, 2.24) is 15.2 Å². The van der Waals surface area contributed by atoms with Crippen LogP contribution >= 0.6 is 0 Å². The van der Waals surface area contributed by atoms with Gasteiger partial charge in [-0.15, -0.1) is 0 Å². The molecule has 110 valence electrons. The highest BCUT2D eigenvalue weighted by Gasteiger charge is 2.06. The summed E-state index contributed by atoms with van der Waals surface area (Å²) in [5, 5.41) is 8.33. The van der Waals surface area contributed by atoms with Crippen molar-refractivity contribution in [3.8, 4) is 0 Å². The molecular weight excluding hydrogens is 266 g/mol. The molecule has 1 amide bonds. The molecule has 1 heterocycles. The largest absolute Gasteiger partial charge is 0.399 e. The van der Waals surface area contributed by atoms with Crippen molar-refractivity contribution >= 4 is 17.3 Å². The summed E-state index contributed by atoms with van der Waals surface area (Å²) in [5.74, 6) is -0.218. The molecule has 0 spiro atoms. The number of amides is 1. The number of hydrogen-bond donors (Lipinski definition) is 2. The molecule has 3 N–H and O–H groups in total. The van der Waals surface area contributed by atoms with E-state index in [2.05, 4.69) is 15.6 Å². The number of benzene rings is 1. The van der Waals surface area contributed by atoms with Crippen LogP contribution in [0, 0.1) is 13.8 Å². The first-order chi connectivity index (χ1) is 9.95. The Kier molecular flexibility index (Phi) is 4.37. The quantitative estimate of drug-likeness (QED) is 0.508. The second-order valence-electron chi connectivity index (χ2n) is 4.94. The van der Waals surface area contributed by atoms with Gasteiger partial charge in [0, 0.05) is 11.4 Å². The molecule has 2 rings (SSSR count). The number of carbonyl (C=O) groups is 1. The van der Waals surface area contributed by atoms with Crippen LogP contribution in [0.3, 0.4) is 0 Å². The van der Waals surface area contributed by atoms with Crippen molar-refractivity contribution in [2.24, 2.45) is 5.10 Å². The molecule has 2 aromatic rings. The molecule has 21 heavy (non-hydrogen) atoms. The van der Waals surface area contributed by atoms with Gasteiger partial charge in [-0.1, -0.05) is 12.1 Å². The minimum absolute atomic E-state index is 0.146. The first kappa shape index (κ1) is 14.8. The molecule has 0 saturated heterocycles. The van der Waals surface area contributed by atoms with E-state index in [9.17, 15) is 4.79 Å². The molecule has 0 bridgehead atoms. The molecule has 1 aromatic carbocycles. The lowest BCUT2D eigenvalue weighted by molar-refractivity contribution is -0.121. The summed E-state index contributed by atoms with van der Waals surface area (Å²) in [6.07, 6.45) is 0. The van der Waals surface area contributed by atoms with E-state index < -0.39 is 0 Å². The van der Waals surface area contributed by atoms with E-state index in [1.54, 1.807) is 10.7 Å². The average molecular weight is 285 g/mol. The Morgan fingerprint density at radius 1 is 1.38 bits per heavy atom. The normalized spacial score (nSPS) is 11.5. The third kappa shape index (κ3) is 3.92. The molecular formula is C15H19N5O. The van der Waals surface area contributed by atoms with Crippen LogP contribution in [0.5, 0.6) is 0 Å². The predicted octanol–water partition coefficient (Wildman–Crippen LogP) is 1.62. The fourth-order valence-electron chi connectivity index (χ4n) is 1.98. The van der Waals surface area contributed by atoms with E-state index in [-0.39, 0.29) is 12.5 Å². The van der Waals surface area contributed by atoms with Crippen molar-refractivity contribution in [2.75, 3.05) is 5.73 Å². The minimum Gasteiger partial charge on any atom is -0.399 e. The van der Waals surface area contributed by atoms with Gasteiger partial charge in [-0.25, -0.2) is 5.43 Å². The molecule has 0 saturated carbocycles. The third-order valence-corrected chi connectivity index (χ3v) is 3.05. The van der Waals surface area contributed by atoms with Crippen molar-refractivity contribution in [3.63, 3.8) is 0 Å². The van der Waals surface area contributed by atoms with Crippen molar-refractivity contribution in [3.05, 3.63) is 47.3 Å². The van der Waals surface area contributed by atoms with Gasteiger partial charge >= 0.3 is 0 Å². The first-order valence-corrected chi connectivity index (χ1v) is 6.66. The summed E-state index contributed by atoms with van der Waals surface area (Å²) in [4.78, 5) is 11.9. The smallest absolute Gasteiger partial charge is 0.261 e. The van der Waals surface area contributed by atoms with Gasteiger partial charge < -0.3 is 5.73 Å². The summed E-state index contributed by atoms with van der Waals surface area (Å²) in [5.41, 5.74) is 12.3. The molecule has 0 aliphatic carbocycles. The van der Waals surface area contributed by atoms with Crippen LogP contribution in [0.25, 0.3) is 0 Å². The summed E-state index contributed by atoms with van der Waals surface area (Å²) in [6, 6.07) is 9.28. The molecule has 0 unspecified atom stereocenters. The van der Waals surface area contributed by atoms with Crippen LogP contribution < -0.4 is 11.2 Å². The lowest BCUT2D eigenvalue weighted by Gasteiger charge is -2.05. The maximum absolute atomic E-state index is 11.9. The molecule has 0 fully saturated rings. The van der Waals surface area contributed by atoms with Crippen LogP contribution in [0.2, 0.25) is 0 Å². The van der Waals surface area contributed by atoms with E-state index in [4.69, 9.17) is 5.73 Å². The molecule has 0 aliphatic rings. The monoisotopic (exact) mass is 285 g/mol. The predicted molar refractivity (Wildman–Crippen MR) is 82.9 cm³/mol. The number of nitrogens with zero attached hydrogens (tertiary/aromatic N) is 3. The van der Waals surface area contributed by atoms with Crippen LogP contribution in [-0.4, -0.2) is 21.4 Å². The minimum atomic E-state index is -0.218. The number of hydrazone groups is 1. The van der Waals surface area contributed by atoms with Crippen molar-refractivity contribution in [2.45, 2.75) is 27.3 Å². The van der Waals surface area contributed by atoms with Gasteiger partial charge in [0.05, 0.1) is 11.4 Å². The van der Waals surface area contributed by atoms with Crippen LogP contribution in [0.1, 0.15) is 23.9 Å². The van der Waals surface area contributed by atoms with E-state index in [1.807, 2.05) is 45.0 Å². The van der Waals surface area contributed by atoms with Gasteiger partial charge in [-0.2, -0.15) is 10.2 Å². The third-order valence-electron chi connectivity index (χ3n) is 3.05. The van der Waals surface area contributed by atoms with Crippen LogP contribution in [0.15, 0.2) is 35.4 Å². The molecule has 6 nitrogen and oxygen atoms in total. The first-order valence-electron chi connectivity index (χ1n) is 6.66. The maximum Gasteiger partial charge on any atom is 0.261 e. The van der Waals surface area contributed by atoms with E-state index in [1.165, 1.54) is 0 Å². The number of carbonyl (C=O) groups excluding carboxylic acids is 1. The molecule has 0 radical (unpaired) electrons. The highest BCUT2D eigenvalue weighted by molar-refractivity contribution is 5.99. The van der Waals surface area contributed by atoms with Gasteiger partial charge in [0.25, 0.3) is 5.91 Å². The van der Waals surface area contributed by atoms with Crippen molar-refractivity contribution in [1.29, 1.82) is 0 Å². The Hall–Kier alpha value is -2.63. The summed E-state index contributed by atoms with van der Waals surface area (Å²) >= 11 is 0. The Balaban J connectivity index is 2.00. The molecule has 0 aliphatic heterocycles. The SMILES string of the molecule is CC(=NNC(=O)Cn1nc(C)cc1C)c1cccc(N)c1. The fraction of sp³-hybridized carbons (Fsp3) is 0.267. The summed E-state index contributed by atoms with van der Waals surface area (Å²) in [7, 11) is 0. The second-order valence-corrected chi connectivity index (χ2v) is 4.94. The van der Waals surface area contributed by atoms with Gasteiger partial charge in [0.2, 0.25) is 0 Å². The maximum atomic E-state index is 11.9. The Morgan fingerprint density at radius 3 is 2.76 bits per heavy atom. The number of hydrogen-bond acceptors (Lipinski definition) is 4. The van der Waals surface area contributed by atoms with E-state index in [0.717, 1.165) is 17.0 Å². The fourth-order valence-corrected chi connectivity index (χ4v) is 1.98. The number of anilines is 1. The van der Waals surface area contributed by atoms with Crippen LogP contribution in [0.4, 0.5) is 5.69 Å². The van der Waals surface area contributed by atoms with Gasteiger partial charge in [0.1, 0.15) is 6.54 Å². The van der Waals surface area contributed by atoms with Gasteiger partial charge in [-0.3, -0.25) is 9.48 Å². The lowest BCUT2D eigenvalue weighted by Crippen LogP contribution is -2.25. The highest BCUT2D eigenvalue weighted by Crippen LogP contribution is 2.07. The zero-order valence-corrected chi connectivity index (χ0v) is 12.4.